The zero-order valence-electron chi connectivity index (χ0n) is 19.5. The summed E-state index contributed by atoms with van der Waals surface area (Å²) in [5, 5.41) is 8.96. The third-order valence-corrected chi connectivity index (χ3v) is 7.17. The van der Waals surface area contributed by atoms with Crippen LogP contribution < -0.4 is 0 Å². The van der Waals surface area contributed by atoms with E-state index in [2.05, 4.69) is 20.5 Å². The van der Waals surface area contributed by atoms with Gasteiger partial charge in [0.25, 0.3) is 0 Å². The molecule has 182 valence electrons. The molecule has 0 radical (unpaired) electrons. The lowest BCUT2D eigenvalue weighted by Gasteiger charge is -2.34. The van der Waals surface area contributed by atoms with Crippen LogP contribution in [0.5, 0.6) is 0 Å². The Morgan fingerprint density at radius 2 is 1.77 bits per heavy atom. The Kier molecular flexibility index (Phi) is 7.48. The number of ether oxygens (including phenoxy) is 1. The molecule has 0 atom stereocenters. The number of amides is 1. The Bertz CT molecular complexity index is 1320. The second-order valence-electron chi connectivity index (χ2n) is 8.52. The number of aromatic nitrogens is 2. The molecule has 0 aliphatic carbocycles. The number of carbonyl (C=O) groups is 1. The van der Waals surface area contributed by atoms with Gasteiger partial charge in [0.2, 0.25) is 0 Å². The molecule has 1 amide bonds. The summed E-state index contributed by atoms with van der Waals surface area (Å²) in [6.45, 7) is 3.72. The van der Waals surface area contributed by atoms with E-state index in [0.29, 0.717) is 50.4 Å². The third-order valence-electron chi connectivity index (χ3n) is 5.97. The fraction of sp³-hybridized carbons (Fsp3) is 0.320. The van der Waals surface area contributed by atoms with Gasteiger partial charge in [-0.15, -0.1) is 0 Å². The van der Waals surface area contributed by atoms with Gasteiger partial charge in [-0.25, -0.2) is 18.2 Å². The molecule has 1 aliphatic rings. The number of benzene rings is 2. The number of piperazine rings is 1. The Morgan fingerprint density at radius 3 is 2.46 bits per heavy atom. The third kappa shape index (κ3) is 6.26. The largest absolute Gasteiger partial charge is 0.444 e. The minimum absolute atomic E-state index is 0.0865. The molecule has 0 unspecified atom stereocenters. The van der Waals surface area contributed by atoms with Crippen LogP contribution in [0.15, 0.2) is 66.0 Å². The van der Waals surface area contributed by atoms with E-state index in [0.717, 1.165) is 17.5 Å². The van der Waals surface area contributed by atoms with Crippen LogP contribution in [0.25, 0.3) is 0 Å². The van der Waals surface area contributed by atoms with Crippen LogP contribution >= 0.6 is 0 Å². The molecule has 10 heteroatoms. The molecule has 0 saturated carbocycles. The molecule has 2 heterocycles. The number of nitriles is 1. The summed E-state index contributed by atoms with van der Waals surface area (Å²) in [5.74, 6) is 0. The number of sulfone groups is 1. The molecule has 1 fully saturated rings. The minimum atomic E-state index is -3.40. The average molecular weight is 494 g/mol. The van der Waals surface area contributed by atoms with Crippen molar-refractivity contribution in [2.24, 2.45) is 0 Å². The van der Waals surface area contributed by atoms with Crippen molar-refractivity contribution in [3.05, 3.63) is 83.4 Å². The van der Waals surface area contributed by atoms with Crippen molar-refractivity contribution in [2.75, 3.05) is 32.4 Å². The molecule has 0 bridgehead atoms. The summed E-state index contributed by atoms with van der Waals surface area (Å²) in [6.07, 6.45) is 4.35. The zero-order valence-corrected chi connectivity index (χ0v) is 20.3. The zero-order chi connectivity index (χ0) is 24.8. The Labute approximate surface area is 205 Å². The van der Waals surface area contributed by atoms with Crippen LogP contribution in [0.3, 0.4) is 0 Å². The van der Waals surface area contributed by atoms with Crippen LogP contribution in [0.1, 0.15) is 22.4 Å². The first-order valence-corrected chi connectivity index (χ1v) is 13.1. The highest BCUT2D eigenvalue weighted by Gasteiger charge is 2.23. The molecule has 1 aliphatic heterocycles. The van der Waals surface area contributed by atoms with E-state index in [9.17, 15) is 13.2 Å². The first-order chi connectivity index (χ1) is 16.8. The van der Waals surface area contributed by atoms with Gasteiger partial charge >= 0.3 is 6.09 Å². The molecule has 0 spiro atoms. The Hall–Kier alpha value is -3.68. The molecule has 9 nitrogen and oxygen atoms in total. The van der Waals surface area contributed by atoms with Gasteiger partial charge in [0.1, 0.15) is 6.61 Å². The molecule has 3 aromatic rings. The lowest BCUT2D eigenvalue weighted by molar-refractivity contribution is 0.0690. The molecular weight excluding hydrogens is 466 g/mol. The van der Waals surface area contributed by atoms with Crippen molar-refractivity contribution in [3.8, 4) is 6.07 Å². The maximum atomic E-state index is 12.6. The maximum Gasteiger partial charge on any atom is 0.410 e. The number of rotatable bonds is 7. The van der Waals surface area contributed by atoms with E-state index in [1.807, 2.05) is 30.5 Å². The van der Waals surface area contributed by atoms with Gasteiger partial charge in [0, 0.05) is 57.3 Å². The predicted octanol–water partition coefficient (Wildman–Crippen LogP) is 2.66. The highest BCUT2D eigenvalue weighted by Crippen LogP contribution is 2.17. The average Bonchev–Trinajstić information content (AvgIpc) is 3.29. The lowest BCUT2D eigenvalue weighted by Crippen LogP contribution is -2.48. The second kappa shape index (κ2) is 10.7. The summed E-state index contributed by atoms with van der Waals surface area (Å²) in [6, 6.07) is 16.2. The van der Waals surface area contributed by atoms with Crippen LogP contribution in [-0.4, -0.2) is 66.3 Å². The monoisotopic (exact) mass is 493 g/mol. The number of hydrogen-bond acceptors (Lipinski definition) is 7. The molecule has 4 rings (SSSR count). The smallest absolute Gasteiger partial charge is 0.410 e. The van der Waals surface area contributed by atoms with E-state index >= 15 is 0 Å². The van der Waals surface area contributed by atoms with Crippen molar-refractivity contribution in [2.45, 2.75) is 24.6 Å². The molecule has 0 N–H and O–H groups in total. The Morgan fingerprint density at radius 1 is 1.06 bits per heavy atom. The van der Waals surface area contributed by atoms with Gasteiger partial charge in [-0.2, -0.15) is 5.26 Å². The number of nitrogens with zero attached hydrogens (tertiary/aromatic N) is 5. The van der Waals surface area contributed by atoms with Crippen LogP contribution in [-0.2, 0) is 34.3 Å². The van der Waals surface area contributed by atoms with Crippen molar-refractivity contribution in [1.82, 2.24) is 19.4 Å². The second-order valence-corrected chi connectivity index (χ2v) is 10.5. The van der Waals surface area contributed by atoms with E-state index in [4.69, 9.17) is 10.00 Å². The van der Waals surface area contributed by atoms with E-state index in [-0.39, 0.29) is 11.5 Å². The van der Waals surface area contributed by atoms with Gasteiger partial charge in [0.05, 0.1) is 28.5 Å². The van der Waals surface area contributed by atoms with E-state index < -0.39 is 15.9 Å². The first kappa shape index (κ1) is 24.4. The molecule has 35 heavy (non-hydrogen) atoms. The highest BCUT2D eigenvalue weighted by molar-refractivity contribution is 7.90. The van der Waals surface area contributed by atoms with Gasteiger partial charge in [-0.1, -0.05) is 30.3 Å². The van der Waals surface area contributed by atoms with Gasteiger partial charge in [-0.05, 0) is 23.8 Å². The van der Waals surface area contributed by atoms with E-state index in [1.165, 1.54) is 6.07 Å². The summed E-state index contributed by atoms with van der Waals surface area (Å²) in [7, 11) is -3.40. The van der Waals surface area contributed by atoms with Crippen molar-refractivity contribution < 1.29 is 17.9 Å². The van der Waals surface area contributed by atoms with Crippen LogP contribution in [0, 0.1) is 11.3 Å². The highest BCUT2D eigenvalue weighted by atomic mass is 32.2. The van der Waals surface area contributed by atoms with Crippen molar-refractivity contribution in [3.63, 3.8) is 0 Å². The van der Waals surface area contributed by atoms with Crippen molar-refractivity contribution in [1.29, 1.82) is 5.26 Å². The SMILES string of the molecule is CS(=O)(=O)c1ccccc1COC(=O)N1CCN(Cc2cncn2Cc2ccc(C#N)cc2)CC1. The fourth-order valence-electron chi connectivity index (χ4n) is 4.04. The standard InChI is InChI=1S/C25H27N5O4S/c1-35(32,33)24-5-3-2-4-22(24)18-34-25(31)29-12-10-28(11-13-29)17-23-15-27-19-30(23)16-21-8-6-20(14-26)7-9-21/h2-9,15,19H,10-13,16-18H2,1H3. The van der Waals surface area contributed by atoms with Crippen LogP contribution in [0.2, 0.25) is 0 Å². The molecule has 1 saturated heterocycles. The summed E-state index contributed by atoms with van der Waals surface area (Å²) < 4.78 is 31.4. The summed E-state index contributed by atoms with van der Waals surface area (Å²) >= 11 is 0. The van der Waals surface area contributed by atoms with Gasteiger partial charge in [-0.3, -0.25) is 4.90 Å². The molecular formula is C25H27N5O4S. The molecule has 2 aromatic carbocycles. The van der Waals surface area contributed by atoms with Gasteiger partial charge < -0.3 is 14.2 Å². The predicted molar refractivity (Wildman–Crippen MR) is 129 cm³/mol. The number of imidazole rings is 1. The van der Waals surface area contributed by atoms with Crippen molar-refractivity contribution >= 4 is 15.9 Å². The lowest BCUT2D eigenvalue weighted by atomic mass is 10.1. The summed E-state index contributed by atoms with van der Waals surface area (Å²) in [4.78, 5) is 20.9. The quantitative estimate of drug-likeness (QED) is 0.498. The number of hydrogen-bond donors (Lipinski definition) is 0. The number of carbonyl (C=O) groups excluding carboxylic acids is 1. The van der Waals surface area contributed by atoms with Gasteiger partial charge in [0.15, 0.2) is 9.84 Å². The first-order valence-electron chi connectivity index (χ1n) is 11.2. The van der Waals surface area contributed by atoms with E-state index in [1.54, 1.807) is 29.4 Å². The van der Waals surface area contributed by atoms with Crippen LogP contribution in [0.4, 0.5) is 4.79 Å². The minimum Gasteiger partial charge on any atom is -0.444 e. The Balaban J connectivity index is 1.28. The topological polar surface area (TPSA) is 109 Å². The summed E-state index contributed by atoms with van der Waals surface area (Å²) in [5.41, 5.74) is 3.27. The molecule has 1 aromatic heterocycles. The normalized spacial score (nSPS) is 14.5. The fourth-order valence-corrected chi connectivity index (χ4v) is 4.97. The maximum absolute atomic E-state index is 12.6.